The van der Waals surface area contributed by atoms with E-state index in [4.69, 9.17) is 5.26 Å². The van der Waals surface area contributed by atoms with Crippen LogP contribution >= 0.6 is 0 Å². The largest absolute Gasteiger partial charge is 0.376 e. The molecule has 1 aromatic carbocycles. The Morgan fingerprint density at radius 3 is 2.77 bits per heavy atom. The summed E-state index contributed by atoms with van der Waals surface area (Å²) in [7, 11) is 0. The van der Waals surface area contributed by atoms with Crippen LogP contribution in [0.2, 0.25) is 0 Å². The molecule has 0 saturated carbocycles. The van der Waals surface area contributed by atoms with Gasteiger partial charge in [0.15, 0.2) is 0 Å². The SMILES string of the molecule is CCN(CCC#N)C(=O)CNc1ccc(-n2cncn2)cc1. The van der Waals surface area contributed by atoms with Crippen LogP contribution in [0.3, 0.4) is 0 Å². The van der Waals surface area contributed by atoms with Gasteiger partial charge in [0.1, 0.15) is 12.7 Å². The maximum absolute atomic E-state index is 12.0. The Morgan fingerprint density at radius 1 is 1.41 bits per heavy atom. The lowest BCUT2D eigenvalue weighted by Gasteiger charge is -2.20. The molecule has 1 heterocycles. The second-order valence-electron chi connectivity index (χ2n) is 4.62. The summed E-state index contributed by atoms with van der Waals surface area (Å²) < 4.78 is 1.66. The van der Waals surface area contributed by atoms with Gasteiger partial charge in [-0.25, -0.2) is 9.67 Å². The van der Waals surface area contributed by atoms with Crippen LogP contribution in [0, 0.1) is 11.3 Å². The third-order valence-corrected chi connectivity index (χ3v) is 3.22. The Kier molecular flexibility index (Phi) is 5.49. The van der Waals surface area contributed by atoms with Crippen LogP contribution in [0.15, 0.2) is 36.9 Å². The third-order valence-electron chi connectivity index (χ3n) is 3.22. The molecule has 1 aromatic heterocycles. The van der Waals surface area contributed by atoms with E-state index >= 15 is 0 Å². The normalized spacial score (nSPS) is 10.0. The minimum absolute atomic E-state index is 0.0156. The van der Waals surface area contributed by atoms with Crippen molar-refractivity contribution in [2.75, 3.05) is 25.0 Å². The number of carbonyl (C=O) groups is 1. The fourth-order valence-corrected chi connectivity index (χ4v) is 2.01. The molecule has 7 nitrogen and oxygen atoms in total. The van der Waals surface area contributed by atoms with E-state index in [0.717, 1.165) is 11.4 Å². The number of benzene rings is 1. The van der Waals surface area contributed by atoms with Gasteiger partial charge in [0.25, 0.3) is 0 Å². The molecule has 0 radical (unpaired) electrons. The minimum atomic E-state index is -0.0156. The fraction of sp³-hybridized carbons (Fsp3) is 0.333. The van der Waals surface area contributed by atoms with Crippen molar-refractivity contribution in [2.45, 2.75) is 13.3 Å². The highest BCUT2D eigenvalue weighted by molar-refractivity contribution is 5.80. The van der Waals surface area contributed by atoms with Gasteiger partial charge >= 0.3 is 0 Å². The van der Waals surface area contributed by atoms with Crippen LogP contribution in [0.1, 0.15) is 13.3 Å². The van der Waals surface area contributed by atoms with Crippen LogP contribution < -0.4 is 5.32 Å². The van der Waals surface area contributed by atoms with Crippen molar-refractivity contribution in [3.8, 4) is 11.8 Å². The highest BCUT2D eigenvalue weighted by Gasteiger charge is 2.10. The molecule has 0 spiro atoms. The van der Waals surface area contributed by atoms with Gasteiger partial charge in [0.2, 0.25) is 5.91 Å². The van der Waals surface area contributed by atoms with Gasteiger partial charge < -0.3 is 10.2 Å². The number of nitrogens with one attached hydrogen (secondary N) is 1. The molecule has 0 atom stereocenters. The summed E-state index contributed by atoms with van der Waals surface area (Å²) in [5.74, 6) is -0.0156. The molecular weight excluding hydrogens is 280 g/mol. The van der Waals surface area contributed by atoms with E-state index < -0.39 is 0 Å². The van der Waals surface area contributed by atoms with Crippen molar-refractivity contribution >= 4 is 11.6 Å². The molecule has 1 N–H and O–H groups in total. The third kappa shape index (κ3) is 4.06. The van der Waals surface area contributed by atoms with Gasteiger partial charge in [-0.15, -0.1) is 0 Å². The van der Waals surface area contributed by atoms with Gasteiger partial charge in [-0.2, -0.15) is 10.4 Å². The zero-order valence-corrected chi connectivity index (χ0v) is 12.4. The molecule has 0 aliphatic carbocycles. The van der Waals surface area contributed by atoms with E-state index in [1.807, 2.05) is 31.2 Å². The Balaban J connectivity index is 1.89. The molecule has 0 fully saturated rings. The van der Waals surface area contributed by atoms with Crippen LogP contribution in [0.5, 0.6) is 0 Å². The molecule has 7 heteroatoms. The monoisotopic (exact) mass is 298 g/mol. The van der Waals surface area contributed by atoms with E-state index in [2.05, 4.69) is 21.5 Å². The van der Waals surface area contributed by atoms with Crippen LogP contribution in [0.4, 0.5) is 5.69 Å². The number of anilines is 1. The molecule has 114 valence electrons. The van der Waals surface area contributed by atoms with Gasteiger partial charge in [-0.05, 0) is 31.2 Å². The van der Waals surface area contributed by atoms with E-state index in [0.29, 0.717) is 19.5 Å². The van der Waals surface area contributed by atoms with Crippen LogP contribution in [0.25, 0.3) is 5.69 Å². The highest BCUT2D eigenvalue weighted by atomic mass is 16.2. The van der Waals surface area contributed by atoms with Crippen molar-refractivity contribution in [3.05, 3.63) is 36.9 Å². The summed E-state index contributed by atoms with van der Waals surface area (Å²) in [6.07, 6.45) is 3.46. The number of aromatic nitrogens is 3. The summed E-state index contributed by atoms with van der Waals surface area (Å²) in [5, 5.41) is 15.7. The first kappa shape index (κ1) is 15.5. The predicted octanol–water partition coefficient (Wildman–Crippen LogP) is 1.44. The van der Waals surface area contributed by atoms with E-state index in [-0.39, 0.29) is 12.5 Å². The molecule has 2 rings (SSSR count). The second-order valence-corrected chi connectivity index (χ2v) is 4.62. The Bertz CT molecular complexity index is 629. The molecule has 22 heavy (non-hydrogen) atoms. The van der Waals surface area contributed by atoms with E-state index in [1.165, 1.54) is 6.33 Å². The van der Waals surface area contributed by atoms with Crippen molar-refractivity contribution in [2.24, 2.45) is 0 Å². The zero-order chi connectivity index (χ0) is 15.8. The number of amides is 1. The number of hydrogen-bond donors (Lipinski definition) is 1. The Labute approximate surface area is 129 Å². The van der Waals surface area contributed by atoms with E-state index in [9.17, 15) is 4.79 Å². The topological polar surface area (TPSA) is 86.8 Å². The zero-order valence-electron chi connectivity index (χ0n) is 12.4. The molecule has 0 aliphatic heterocycles. The van der Waals surface area contributed by atoms with Gasteiger partial charge in [-0.3, -0.25) is 4.79 Å². The van der Waals surface area contributed by atoms with Gasteiger partial charge in [0, 0.05) is 18.8 Å². The molecule has 0 saturated heterocycles. The lowest BCUT2D eigenvalue weighted by molar-refractivity contribution is -0.129. The smallest absolute Gasteiger partial charge is 0.241 e. The van der Waals surface area contributed by atoms with Gasteiger partial charge in [-0.1, -0.05) is 0 Å². The van der Waals surface area contributed by atoms with E-state index in [1.54, 1.807) is 15.9 Å². The summed E-state index contributed by atoms with van der Waals surface area (Å²) >= 11 is 0. The first-order chi connectivity index (χ1) is 10.7. The lowest BCUT2D eigenvalue weighted by Crippen LogP contribution is -2.36. The number of hydrogen-bond acceptors (Lipinski definition) is 5. The van der Waals surface area contributed by atoms with Gasteiger partial charge in [0.05, 0.1) is 24.7 Å². The van der Waals surface area contributed by atoms with Crippen molar-refractivity contribution < 1.29 is 4.79 Å². The predicted molar refractivity (Wildman–Crippen MR) is 82.3 cm³/mol. The number of nitrogens with zero attached hydrogens (tertiary/aromatic N) is 5. The molecular formula is C15H18N6O. The number of likely N-dealkylation sites (N-methyl/N-ethyl adjacent to an activating group) is 1. The van der Waals surface area contributed by atoms with Crippen molar-refractivity contribution in [1.82, 2.24) is 19.7 Å². The van der Waals surface area contributed by atoms with Crippen LogP contribution in [-0.4, -0.2) is 45.2 Å². The molecule has 0 unspecified atom stereocenters. The molecule has 2 aromatic rings. The molecule has 0 aliphatic rings. The van der Waals surface area contributed by atoms with Crippen molar-refractivity contribution in [1.29, 1.82) is 5.26 Å². The number of rotatable bonds is 7. The summed E-state index contributed by atoms with van der Waals surface area (Å²) in [4.78, 5) is 17.6. The quantitative estimate of drug-likeness (QED) is 0.836. The maximum Gasteiger partial charge on any atom is 0.241 e. The highest BCUT2D eigenvalue weighted by Crippen LogP contribution is 2.12. The van der Waals surface area contributed by atoms with Crippen molar-refractivity contribution in [3.63, 3.8) is 0 Å². The number of carbonyl (C=O) groups excluding carboxylic acids is 1. The summed E-state index contributed by atoms with van der Waals surface area (Å²) in [6.45, 7) is 3.19. The average Bonchev–Trinajstić information content (AvgIpc) is 3.08. The first-order valence-corrected chi connectivity index (χ1v) is 7.08. The number of nitriles is 1. The minimum Gasteiger partial charge on any atom is -0.376 e. The standard InChI is InChI=1S/C15H18N6O/c1-2-20(9-3-8-16)15(22)10-18-13-4-6-14(7-5-13)21-12-17-11-19-21/h4-7,11-12,18H,2-3,9-10H2,1H3. The summed E-state index contributed by atoms with van der Waals surface area (Å²) in [6, 6.07) is 9.62. The fourth-order valence-electron chi connectivity index (χ4n) is 2.01. The maximum atomic E-state index is 12.0. The Hall–Kier alpha value is -2.88. The summed E-state index contributed by atoms with van der Waals surface area (Å²) in [5.41, 5.74) is 1.76. The average molecular weight is 298 g/mol. The molecule has 0 bridgehead atoms. The molecule has 1 amide bonds. The first-order valence-electron chi connectivity index (χ1n) is 7.08. The lowest BCUT2D eigenvalue weighted by atomic mass is 10.3. The second kappa shape index (κ2) is 7.78. The Morgan fingerprint density at radius 2 is 2.18 bits per heavy atom. The van der Waals surface area contributed by atoms with Crippen LogP contribution in [-0.2, 0) is 4.79 Å².